The first-order valence-electron chi connectivity index (χ1n) is 8.11. The summed E-state index contributed by atoms with van der Waals surface area (Å²) in [5.74, 6) is -1.13. The molecule has 0 atom stereocenters. The van der Waals surface area contributed by atoms with E-state index in [1.165, 1.54) is 6.07 Å². The monoisotopic (exact) mass is 358 g/mol. The average molecular weight is 358 g/mol. The summed E-state index contributed by atoms with van der Waals surface area (Å²) in [5, 5.41) is 13.4. The van der Waals surface area contributed by atoms with Crippen molar-refractivity contribution in [3.63, 3.8) is 0 Å². The summed E-state index contributed by atoms with van der Waals surface area (Å²) < 4.78 is 4.94. The van der Waals surface area contributed by atoms with Crippen molar-refractivity contribution in [1.29, 1.82) is 0 Å². The maximum absolute atomic E-state index is 12.3. The van der Waals surface area contributed by atoms with Crippen LogP contribution in [0.25, 0.3) is 0 Å². The number of nitro groups is 1. The molecule has 3 rings (SSSR count). The Balaban J connectivity index is 1.74. The number of anilines is 2. The third-order valence-corrected chi connectivity index (χ3v) is 4.21. The Morgan fingerprint density at radius 1 is 1.12 bits per heavy atom. The highest BCUT2D eigenvalue weighted by molar-refractivity contribution is 6.04. The van der Waals surface area contributed by atoms with Crippen LogP contribution in [0, 0.1) is 10.1 Å². The summed E-state index contributed by atoms with van der Waals surface area (Å²) in [7, 11) is 0. The number of benzene rings is 1. The molecule has 1 saturated heterocycles. The van der Waals surface area contributed by atoms with Crippen LogP contribution >= 0.6 is 0 Å². The molecule has 0 saturated carbocycles. The second kappa shape index (κ2) is 7.26. The zero-order chi connectivity index (χ0) is 18.7. The van der Waals surface area contributed by atoms with Crippen molar-refractivity contribution in [3.8, 4) is 0 Å². The third-order valence-electron chi connectivity index (χ3n) is 4.21. The first-order valence-corrected chi connectivity index (χ1v) is 8.11. The lowest BCUT2D eigenvalue weighted by atomic mass is 10.2. The number of furan rings is 1. The number of piperazine rings is 1. The van der Waals surface area contributed by atoms with E-state index in [-0.39, 0.29) is 11.7 Å². The Morgan fingerprint density at radius 2 is 1.81 bits per heavy atom. The van der Waals surface area contributed by atoms with Gasteiger partial charge in [-0.05, 0) is 18.2 Å². The van der Waals surface area contributed by atoms with Crippen LogP contribution in [0.2, 0.25) is 0 Å². The SMILES string of the molecule is CC(=O)N1CCN(c2ccccc2NC(=O)c2ccc([N+](=O)[O-])o2)CC1. The Bertz CT molecular complexity index is 839. The van der Waals surface area contributed by atoms with Crippen molar-refractivity contribution >= 4 is 29.1 Å². The van der Waals surface area contributed by atoms with Crippen molar-refractivity contribution in [2.75, 3.05) is 36.4 Å². The van der Waals surface area contributed by atoms with Crippen LogP contribution in [0.15, 0.2) is 40.8 Å². The van der Waals surface area contributed by atoms with E-state index in [1.807, 2.05) is 12.1 Å². The minimum Gasteiger partial charge on any atom is -0.395 e. The molecule has 2 heterocycles. The summed E-state index contributed by atoms with van der Waals surface area (Å²) in [5.41, 5.74) is 1.40. The van der Waals surface area contributed by atoms with E-state index in [0.29, 0.717) is 31.9 Å². The van der Waals surface area contributed by atoms with E-state index >= 15 is 0 Å². The molecule has 1 aromatic heterocycles. The lowest BCUT2D eigenvalue weighted by molar-refractivity contribution is -0.402. The van der Waals surface area contributed by atoms with E-state index in [4.69, 9.17) is 4.42 Å². The van der Waals surface area contributed by atoms with Crippen molar-refractivity contribution in [1.82, 2.24) is 4.90 Å². The number of amides is 2. The number of hydrogen-bond acceptors (Lipinski definition) is 6. The summed E-state index contributed by atoms with van der Waals surface area (Å²) in [6, 6.07) is 9.69. The number of para-hydroxylation sites is 2. The molecular formula is C17H18N4O5. The van der Waals surface area contributed by atoms with Crippen molar-refractivity contribution in [3.05, 3.63) is 52.3 Å². The zero-order valence-electron chi connectivity index (χ0n) is 14.2. The number of rotatable bonds is 4. The van der Waals surface area contributed by atoms with Crippen molar-refractivity contribution < 1.29 is 18.9 Å². The molecule has 1 aliphatic heterocycles. The molecule has 2 aromatic rings. The van der Waals surface area contributed by atoms with E-state index < -0.39 is 16.7 Å². The summed E-state index contributed by atoms with van der Waals surface area (Å²) >= 11 is 0. The van der Waals surface area contributed by atoms with Gasteiger partial charge in [-0.1, -0.05) is 12.1 Å². The molecule has 1 aliphatic rings. The molecule has 0 spiro atoms. The lowest BCUT2D eigenvalue weighted by Crippen LogP contribution is -2.48. The molecule has 9 nitrogen and oxygen atoms in total. The smallest absolute Gasteiger partial charge is 0.395 e. The van der Waals surface area contributed by atoms with Gasteiger partial charge < -0.3 is 19.5 Å². The Labute approximate surface area is 149 Å². The van der Waals surface area contributed by atoms with E-state index in [0.717, 1.165) is 11.8 Å². The molecule has 0 bridgehead atoms. The van der Waals surface area contributed by atoms with Gasteiger partial charge in [0.15, 0.2) is 5.76 Å². The van der Waals surface area contributed by atoms with Crippen molar-refractivity contribution in [2.24, 2.45) is 0 Å². The van der Waals surface area contributed by atoms with Crippen LogP contribution in [-0.2, 0) is 4.79 Å². The Morgan fingerprint density at radius 3 is 2.42 bits per heavy atom. The quantitative estimate of drug-likeness (QED) is 0.662. The van der Waals surface area contributed by atoms with Crippen LogP contribution in [-0.4, -0.2) is 47.8 Å². The normalized spacial score (nSPS) is 14.2. The topological polar surface area (TPSA) is 109 Å². The van der Waals surface area contributed by atoms with Gasteiger partial charge in [-0.3, -0.25) is 19.7 Å². The van der Waals surface area contributed by atoms with Gasteiger partial charge in [0.2, 0.25) is 5.91 Å². The fraction of sp³-hybridized carbons (Fsp3) is 0.294. The van der Waals surface area contributed by atoms with Crippen molar-refractivity contribution in [2.45, 2.75) is 6.92 Å². The molecule has 136 valence electrons. The highest BCUT2D eigenvalue weighted by atomic mass is 16.6. The molecule has 1 N–H and O–H groups in total. The van der Waals surface area contributed by atoms with Gasteiger partial charge in [-0.25, -0.2) is 0 Å². The van der Waals surface area contributed by atoms with Crippen LogP contribution < -0.4 is 10.2 Å². The fourth-order valence-electron chi connectivity index (χ4n) is 2.85. The standard InChI is InChI=1S/C17H18N4O5/c1-12(22)19-8-10-20(11-9-19)14-5-3-2-4-13(14)18-17(23)15-6-7-16(26-15)21(24)25/h2-7H,8-11H2,1H3,(H,18,23). The maximum Gasteiger partial charge on any atom is 0.433 e. The average Bonchev–Trinajstić information content (AvgIpc) is 3.13. The fourth-order valence-corrected chi connectivity index (χ4v) is 2.85. The number of nitrogens with one attached hydrogen (secondary N) is 1. The lowest BCUT2D eigenvalue weighted by Gasteiger charge is -2.36. The van der Waals surface area contributed by atoms with E-state index in [2.05, 4.69) is 10.2 Å². The Kier molecular flexibility index (Phi) is 4.87. The molecule has 9 heteroatoms. The van der Waals surface area contributed by atoms with Gasteiger partial charge in [0.1, 0.15) is 4.92 Å². The minimum absolute atomic E-state index is 0.0469. The number of hydrogen-bond donors (Lipinski definition) is 1. The Hall–Kier alpha value is -3.36. The zero-order valence-corrected chi connectivity index (χ0v) is 14.2. The number of nitrogens with zero attached hydrogens (tertiary/aromatic N) is 3. The first kappa shape index (κ1) is 17.5. The van der Waals surface area contributed by atoms with E-state index in [9.17, 15) is 19.7 Å². The van der Waals surface area contributed by atoms with Gasteiger partial charge in [-0.2, -0.15) is 0 Å². The first-order chi connectivity index (χ1) is 12.5. The summed E-state index contributed by atoms with van der Waals surface area (Å²) in [4.78, 5) is 37.6. The molecular weight excluding hydrogens is 340 g/mol. The second-order valence-electron chi connectivity index (χ2n) is 5.86. The summed E-state index contributed by atoms with van der Waals surface area (Å²) in [6.07, 6.45) is 0. The van der Waals surface area contributed by atoms with Gasteiger partial charge >= 0.3 is 5.88 Å². The summed E-state index contributed by atoms with van der Waals surface area (Å²) in [6.45, 7) is 4.08. The largest absolute Gasteiger partial charge is 0.433 e. The molecule has 0 unspecified atom stereocenters. The third kappa shape index (κ3) is 3.66. The van der Waals surface area contributed by atoms with Gasteiger partial charge in [0, 0.05) is 33.1 Å². The minimum atomic E-state index is -0.695. The predicted molar refractivity (Wildman–Crippen MR) is 94.2 cm³/mol. The van der Waals surface area contributed by atoms with Gasteiger partial charge in [0.25, 0.3) is 5.91 Å². The van der Waals surface area contributed by atoms with E-state index in [1.54, 1.807) is 24.0 Å². The molecule has 1 aromatic carbocycles. The van der Waals surface area contributed by atoms with Crippen LogP contribution in [0.3, 0.4) is 0 Å². The predicted octanol–water partition coefficient (Wildman–Crippen LogP) is 2.11. The molecule has 26 heavy (non-hydrogen) atoms. The van der Waals surface area contributed by atoms with Gasteiger partial charge in [-0.15, -0.1) is 0 Å². The van der Waals surface area contributed by atoms with Crippen LogP contribution in [0.5, 0.6) is 0 Å². The highest BCUT2D eigenvalue weighted by Gasteiger charge is 2.22. The number of carbonyl (C=O) groups is 2. The number of carbonyl (C=O) groups excluding carboxylic acids is 2. The van der Waals surface area contributed by atoms with Crippen LogP contribution in [0.4, 0.5) is 17.3 Å². The highest BCUT2D eigenvalue weighted by Crippen LogP contribution is 2.27. The van der Waals surface area contributed by atoms with Gasteiger partial charge in [0.05, 0.1) is 17.4 Å². The maximum atomic E-state index is 12.3. The molecule has 0 aliphatic carbocycles. The second-order valence-corrected chi connectivity index (χ2v) is 5.86. The molecule has 2 amide bonds. The van der Waals surface area contributed by atoms with Crippen LogP contribution in [0.1, 0.15) is 17.5 Å². The molecule has 1 fully saturated rings. The molecule has 0 radical (unpaired) electrons.